The zero-order valence-electron chi connectivity index (χ0n) is 16.4. The molecule has 2 aliphatic carbocycles. The Morgan fingerprint density at radius 3 is 2.24 bits per heavy atom. The number of rotatable bonds is 5. The predicted molar refractivity (Wildman–Crippen MR) is 98.1 cm³/mol. The van der Waals surface area contributed by atoms with E-state index in [2.05, 4.69) is 5.32 Å². The summed E-state index contributed by atoms with van der Waals surface area (Å²) in [4.78, 5) is 27.1. The fourth-order valence-electron chi connectivity index (χ4n) is 3.42. The van der Waals surface area contributed by atoms with Gasteiger partial charge in [-0.15, -0.1) is 0 Å². The summed E-state index contributed by atoms with van der Waals surface area (Å²) in [5.74, 6) is -0.0285. The molecule has 6 heteroatoms. The minimum atomic E-state index is -0.516. The maximum atomic E-state index is 12.8. The van der Waals surface area contributed by atoms with Crippen molar-refractivity contribution in [2.75, 3.05) is 0 Å². The Hall–Kier alpha value is -1.30. The van der Waals surface area contributed by atoms with Gasteiger partial charge < -0.3 is 20.7 Å². The second-order valence-corrected chi connectivity index (χ2v) is 8.86. The highest BCUT2D eigenvalue weighted by Crippen LogP contribution is 2.35. The van der Waals surface area contributed by atoms with E-state index >= 15 is 0 Å². The molecule has 0 saturated heterocycles. The Labute approximate surface area is 151 Å². The van der Waals surface area contributed by atoms with Gasteiger partial charge in [0.15, 0.2) is 0 Å². The number of nitrogens with zero attached hydrogens (tertiary/aromatic N) is 1. The van der Waals surface area contributed by atoms with Crippen LogP contribution in [-0.4, -0.2) is 46.7 Å². The lowest BCUT2D eigenvalue weighted by molar-refractivity contribution is -0.124. The largest absolute Gasteiger partial charge is 0.444 e. The van der Waals surface area contributed by atoms with Gasteiger partial charge in [0, 0.05) is 12.1 Å². The fourth-order valence-corrected chi connectivity index (χ4v) is 3.42. The highest BCUT2D eigenvalue weighted by Gasteiger charge is 2.43. The summed E-state index contributed by atoms with van der Waals surface area (Å²) in [6.07, 6.45) is 5.69. The number of ether oxygens (including phenoxy) is 1. The molecule has 0 aliphatic heterocycles. The van der Waals surface area contributed by atoms with Crippen molar-refractivity contribution < 1.29 is 14.3 Å². The van der Waals surface area contributed by atoms with Crippen molar-refractivity contribution in [3.05, 3.63) is 0 Å². The van der Waals surface area contributed by atoms with Crippen LogP contribution in [-0.2, 0) is 9.53 Å². The summed E-state index contributed by atoms with van der Waals surface area (Å²) in [5.41, 5.74) is 5.48. The number of hydrogen-bond donors (Lipinski definition) is 2. The van der Waals surface area contributed by atoms with Gasteiger partial charge in [0.2, 0.25) is 5.91 Å². The minimum Gasteiger partial charge on any atom is -0.444 e. The van der Waals surface area contributed by atoms with E-state index in [1.54, 1.807) is 0 Å². The second kappa shape index (κ2) is 7.94. The molecule has 2 aliphatic rings. The van der Waals surface area contributed by atoms with E-state index in [0.717, 1.165) is 38.5 Å². The van der Waals surface area contributed by atoms with Crippen LogP contribution in [0, 0.1) is 5.92 Å². The molecule has 0 aromatic heterocycles. The maximum Gasteiger partial charge on any atom is 0.410 e. The monoisotopic (exact) mass is 353 g/mol. The summed E-state index contributed by atoms with van der Waals surface area (Å²) < 4.78 is 5.64. The summed E-state index contributed by atoms with van der Waals surface area (Å²) in [5, 5.41) is 3.12. The summed E-state index contributed by atoms with van der Waals surface area (Å²) in [6.45, 7) is 9.55. The standard InChI is InChI=1S/C19H35N3O3/c1-12(2)16(20)17(23)21-14-8-6-7-9-15(14)22(13-10-11-13)18(24)25-19(3,4)5/h12-16H,6-11,20H2,1-5H3,(H,21,23). The van der Waals surface area contributed by atoms with E-state index in [-0.39, 0.29) is 36.0 Å². The van der Waals surface area contributed by atoms with Crippen LogP contribution in [0.3, 0.4) is 0 Å². The highest BCUT2D eigenvalue weighted by molar-refractivity contribution is 5.82. The van der Waals surface area contributed by atoms with E-state index in [1.807, 2.05) is 39.5 Å². The molecule has 144 valence electrons. The van der Waals surface area contributed by atoms with Crippen LogP contribution in [0.5, 0.6) is 0 Å². The predicted octanol–water partition coefficient (Wildman–Crippen LogP) is 2.80. The van der Waals surface area contributed by atoms with Gasteiger partial charge in [0.05, 0.1) is 12.1 Å². The van der Waals surface area contributed by atoms with E-state index in [4.69, 9.17) is 10.5 Å². The van der Waals surface area contributed by atoms with Gasteiger partial charge in [-0.2, -0.15) is 0 Å². The lowest BCUT2D eigenvalue weighted by Gasteiger charge is -2.41. The van der Waals surface area contributed by atoms with Crippen LogP contribution in [0.25, 0.3) is 0 Å². The molecule has 3 atom stereocenters. The van der Waals surface area contributed by atoms with Crippen molar-refractivity contribution in [3.63, 3.8) is 0 Å². The molecule has 0 radical (unpaired) electrons. The average molecular weight is 354 g/mol. The number of amides is 2. The molecule has 6 nitrogen and oxygen atoms in total. The number of nitrogens with one attached hydrogen (secondary N) is 1. The number of hydrogen-bond acceptors (Lipinski definition) is 4. The lowest BCUT2D eigenvalue weighted by Crippen LogP contribution is -2.59. The molecule has 2 fully saturated rings. The zero-order valence-corrected chi connectivity index (χ0v) is 16.4. The van der Waals surface area contributed by atoms with Crippen molar-refractivity contribution in [1.29, 1.82) is 0 Å². The van der Waals surface area contributed by atoms with Crippen LogP contribution in [0.1, 0.15) is 73.1 Å². The van der Waals surface area contributed by atoms with Crippen molar-refractivity contribution >= 4 is 12.0 Å². The molecule has 2 amide bonds. The molecule has 2 saturated carbocycles. The van der Waals surface area contributed by atoms with Gasteiger partial charge in [-0.05, 0) is 52.4 Å². The van der Waals surface area contributed by atoms with Gasteiger partial charge in [0.25, 0.3) is 0 Å². The van der Waals surface area contributed by atoms with Gasteiger partial charge >= 0.3 is 6.09 Å². The summed E-state index contributed by atoms with van der Waals surface area (Å²) >= 11 is 0. The van der Waals surface area contributed by atoms with Gasteiger partial charge in [-0.25, -0.2) is 4.79 Å². The van der Waals surface area contributed by atoms with E-state index < -0.39 is 11.6 Å². The molecule has 0 bridgehead atoms. The zero-order chi connectivity index (χ0) is 18.8. The molecule has 3 unspecified atom stereocenters. The Balaban J connectivity index is 2.11. The van der Waals surface area contributed by atoms with Gasteiger partial charge in [-0.3, -0.25) is 4.79 Å². The first-order valence-electron chi connectivity index (χ1n) is 9.67. The van der Waals surface area contributed by atoms with Crippen LogP contribution >= 0.6 is 0 Å². The van der Waals surface area contributed by atoms with Crippen molar-refractivity contribution in [2.24, 2.45) is 11.7 Å². The summed E-state index contributed by atoms with van der Waals surface area (Å²) in [7, 11) is 0. The van der Waals surface area contributed by atoms with E-state index in [9.17, 15) is 9.59 Å². The van der Waals surface area contributed by atoms with E-state index in [0.29, 0.717) is 0 Å². The average Bonchev–Trinajstić information content (AvgIpc) is 3.31. The third-order valence-electron chi connectivity index (χ3n) is 4.98. The smallest absolute Gasteiger partial charge is 0.410 e. The molecule has 0 aromatic rings. The first-order chi connectivity index (χ1) is 11.6. The normalized spacial score (nSPS) is 25.4. The SMILES string of the molecule is CC(C)C(N)C(=O)NC1CCCCC1N(C(=O)OC(C)(C)C)C1CC1. The molecule has 0 aromatic carbocycles. The highest BCUT2D eigenvalue weighted by atomic mass is 16.6. The number of carbonyl (C=O) groups excluding carboxylic acids is 2. The quantitative estimate of drug-likeness (QED) is 0.796. The maximum absolute atomic E-state index is 12.8. The van der Waals surface area contributed by atoms with Crippen molar-refractivity contribution in [1.82, 2.24) is 10.2 Å². The topological polar surface area (TPSA) is 84.7 Å². The Bertz CT molecular complexity index is 483. The minimum absolute atomic E-state index is 0.000544. The summed E-state index contributed by atoms with van der Waals surface area (Å²) in [6, 6.07) is -0.312. The molecule has 0 spiro atoms. The third-order valence-corrected chi connectivity index (χ3v) is 4.98. The van der Waals surface area contributed by atoms with Crippen LogP contribution in [0.4, 0.5) is 4.79 Å². The molecule has 0 heterocycles. The molecular formula is C19H35N3O3. The molecular weight excluding hydrogens is 318 g/mol. The first-order valence-corrected chi connectivity index (χ1v) is 9.67. The fraction of sp³-hybridized carbons (Fsp3) is 0.895. The van der Waals surface area contributed by atoms with Crippen LogP contribution in [0.2, 0.25) is 0 Å². The van der Waals surface area contributed by atoms with Gasteiger partial charge in [0.1, 0.15) is 5.60 Å². The number of carbonyl (C=O) groups is 2. The second-order valence-electron chi connectivity index (χ2n) is 8.86. The lowest BCUT2D eigenvalue weighted by atomic mass is 9.88. The Kier molecular flexibility index (Phi) is 6.35. The molecule has 3 N–H and O–H groups in total. The first kappa shape index (κ1) is 20.0. The van der Waals surface area contributed by atoms with Crippen molar-refractivity contribution in [2.45, 2.75) is 103 Å². The van der Waals surface area contributed by atoms with Crippen LogP contribution < -0.4 is 11.1 Å². The third kappa shape index (κ3) is 5.59. The molecule has 2 rings (SSSR count). The van der Waals surface area contributed by atoms with Crippen LogP contribution in [0.15, 0.2) is 0 Å². The Morgan fingerprint density at radius 2 is 1.72 bits per heavy atom. The van der Waals surface area contributed by atoms with Gasteiger partial charge in [-0.1, -0.05) is 26.7 Å². The Morgan fingerprint density at radius 1 is 1.12 bits per heavy atom. The number of nitrogens with two attached hydrogens (primary N) is 1. The van der Waals surface area contributed by atoms with Crippen molar-refractivity contribution in [3.8, 4) is 0 Å². The van der Waals surface area contributed by atoms with E-state index in [1.165, 1.54) is 0 Å². The molecule has 25 heavy (non-hydrogen) atoms.